The molecule has 2 unspecified atom stereocenters. The molecule has 1 aliphatic heterocycles. The first-order valence-corrected chi connectivity index (χ1v) is 7.47. The largest absolute Gasteiger partial charge is 0.309 e. The van der Waals surface area contributed by atoms with Crippen molar-refractivity contribution in [3.63, 3.8) is 0 Å². The molecule has 2 nitrogen and oxygen atoms in total. The third-order valence-corrected chi connectivity index (χ3v) is 4.07. The van der Waals surface area contributed by atoms with Gasteiger partial charge in [0.25, 0.3) is 0 Å². The fraction of sp³-hybridized carbons (Fsp3) is 0.294. The third-order valence-electron chi connectivity index (χ3n) is 3.84. The van der Waals surface area contributed by atoms with Gasteiger partial charge in [-0.1, -0.05) is 54.1 Å². The molecule has 0 spiro atoms. The van der Waals surface area contributed by atoms with Crippen LogP contribution in [0.15, 0.2) is 54.6 Å². The minimum Gasteiger partial charge on any atom is -0.309 e. The molecule has 2 atom stereocenters. The second-order valence-corrected chi connectivity index (χ2v) is 5.68. The summed E-state index contributed by atoms with van der Waals surface area (Å²) in [7, 11) is 0. The maximum Gasteiger partial charge on any atom is 0.0476 e. The summed E-state index contributed by atoms with van der Waals surface area (Å²) in [6, 6.07) is 19.6. The van der Waals surface area contributed by atoms with Gasteiger partial charge >= 0.3 is 0 Å². The lowest BCUT2D eigenvalue weighted by Crippen LogP contribution is -2.33. The summed E-state index contributed by atoms with van der Waals surface area (Å²) < 4.78 is 0. The summed E-state index contributed by atoms with van der Waals surface area (Å²) in [5, 5.41) is 8.03. The summed E-state index contributed by atoms with van der Waals surface area (Å²) >= 11 is 6.02. The van der Waals surface area contributed by atoms with E-state index < -0.39 is 0 Å². The molecule has 0 amide bonds. The van der Waals surface area contributed by atoms with E-state index in [1.54, 1.807) is 0 Å². The van der Waals surface area contributed by atoms with Crippen LogP contribution in [0.4, 0.5) is 0 Å². The van der Waals surface area contributed by atoms with Gasteiger partial charge in [0.05, 0.1) is 0 Å². The van der Waals surface area contributed by atoms with Crippen molar-refractivity contribution >= 4 is 45.6 Å². The van der Waals surface area contributed by atoms with E-state index >= 15 is 0 Å². The Labute approximate surface area is 158 Å². The SMILES string of the molecule is Br.Br.Clc1cccc(CNC2CCNC2c2ccccc2)c1. The normalized spacial score (nSPS) is 20.0. The van der Waals surface area contributed by atoms with E-state index in [9.17, 15) is 0 Å². The molecule has 1 saturated heterocycles. The monoisotopic (exact) mass is 446 g/mol. The summed E-state index contributed by atoms with van der Waals surface area (Å²) in [6.45, 7) is 1.92. The lowest BCUT2D eigenvalue weighted by Gasteiger charge is -2.21. The van der Waals surface area contributed by atoms with Crippen LogP contribution in [0.1, 0.15) is 23.6 Å². The molecule has 0 saturated carbocycles. The number of hydrogen-bond acceptors (Lipinski definition) is 2. The predicted molar refractivity (Wildman–Crippen MR) is 105 cm³/mol. The highest BCUT2D eigenvalue weighted by Crippen LogP contribution is 2.24. The van der Waals surface area contributed by atoms with Gasteiger partial charge in [0.1, 0.15) is 0 Å². The number of benzene rings is 2. The van der Waals surface area contributed by atoms with Crippen LogP contribution < -0.4 is 10.6 Å². The molecule has 2 aromatic carbocycles. The number of hydrogen-bond donors (Lipinski definition) is 2. The molecule has 0 aliphatic carbocycles. The maximum atomic E-state index is 6.02. The fourth-order valence-corrected chi connectivity index (χ4v) is 3.04. The summed E-state index contributed by atoms with van der Waals surface area (Å²) in [4.78, 5) is 0. The van der Waals surface area contributed by atoms with Gasteiger partial charge < -0.3 is 10.6 Å². The van der Waals surface area contributed by atoms with E-state index in [4.69, 9.17) is 11.6 Å². The van der Waals surface area contributed by atoms with Crippen molar-refractivity contribution in [2.24, 2.45) is 0 Å². The Bertz CT molecular complexity index is 566. The first-order valence-electron chi connectivity index (χ1n) is 7.09. The first kappa shape index (κ1) is 19.7. The van der Waals surface area contributed by atoms with Crippen LogP contribution >= 0.6 is 45.6 Å². The highest BCUT2D eigenvalue weighted by atomic mass is 79.9. The van der Waals surface area contributed by atoms with Crippen LogP contribution in [-0.4, -0.2) is 12.6 Å². The smallest absolute Gasteiger partial charge is 0.0476 e. The van der Waals surface area contributed by atoms with E-state index in [0.29, 0.717) is 12.1 Å². The Kier molecular flexibility index (Phi) is 8.65. The molecule has 1 heterocycles. The fourth-order valence-electron chi connectivity index (χ4n) is 2.83. The van der Waals surface area contributed by atoms with Gasteiger partial charge in [-0.25, -0.2) is 0 Å². The molecular weight excluding hydrogens is 427 g/mol. The highest BCUT2D eigenvalue weighted by Gasteiger charge is 2.27. The molecule has 1 aliphatic rings. The van der Waals surface area contributed by atoms with Gasteiger partial charge in [-0.2, -0.15) is 0 Å². The zero-order valence-corrected chi connectivity index (χ0v) is 16.3. The van der Waals surface area contributed by atoms with Gasteiger partial charge in [0, 0.05) is 23.7 Å². The zero-order chi connectivity index (χ0) is 13.8. The van der Waals surface area contributed by atoms with E-state index in [1.807, 2.05) is 18.2 Å². The van der Waals surface area contributed by atoms with Crippen molar-refractivity contribution in [2.75, 3.05) is 6.54 Å². The van der Waals surface area contributed by atoms with Crippen LogP contribution in [0.3, 0.4) is 0 Å². The predicted octanol–water partition coefficient (Wildman–Crippen LogP) is 4.69. The number of nitrogens with one attached hydrogen (secondary N) is 2. The van der Waals surface area contributed by atoms with Crippen molar-refractivity contribution in [3.05, 3.63) is 70.7 Å². The van der Waals surface area contributed by atoms with Crippen LogP contribution in [0.2, 0.25) is 5.02 Å². The molecule has 5 heteroatoms. The molecule has 0 aromatic heterocycles. The van der Waals surface area contributed by atoms with Crippen molar-refractivity contribution in [1.29, 1.82) is 0 Å². The van der Waals surface area contributed by atoms with E-state index in [0.717, 1.165) is 24.5 Å². The van der Waals surface area contributed by atoms with Gasteiger partial charge in [-0.15, -0.1) is 34.0 Å². The maximum absolute atomic E-state index is 6.02. The first-order chi connectivity index (χ1) is 9.83. The lowest BCUT2D eigenvalue weighted by atomic mass is 10.0. The van der Waals surface area contributed by atoms with E-state index in [-0.39, 0.29) is 34.0 Å². The molecular formula is C17H21Br2ClN2. The zero-order valence-electron chi connectivity index (χ0n) is 12.2. The van der Waals surface area contributed by atoms with Crippen LogP contribution in [0.25, 0.3) is 0 Å². The van der Waals surface area contributed by atoms with Crippen molar-refractivity contribution in [3.8, 4) is 0 Å². The molecule has 22 heavy (non-hydrogen) atoms. The molecule has 2 aromatic rings. The average Bonchev–Trinajstić information content (AvgIpc) is 2.95. The van der Waals surface area contributed by atoms with Crippen molar-refractivity contribution < 1.29 is 0 Å². The highest BCUT2D eigenvalue weighted by molar-refractivity contribution is 8.93. The topological polar surface area (TPSA) is 24.1 Å². The molecule has 120 valence electrons. The summed E-state index contributed by atoms with van der Waals surface area (Å²) in [5.74, 6) is 0. The minimum atomic E-state index is 0. The molecule has 3 rings (SSSR count). The summed E-state index contributed by atoms with van der Waals surface area (Å²) in [6.07, 6.45) is 1.15. The molecule has 1 fully saturated rings. The van der Waals surface area contributed by atoms with Crippen molar-refractivity contribution in [2.45, 2.75) is 25.0 Å². The molecule has 0 radical (unpaired) electrons. The van der Waals surface area contributed by atoms with Crippen LogP contribution in [0, 0.1) is 0 Å². The second-order valence-electron chi connectivity index (χ2n) is 5.25. The molecule has 0 bridgehead atoms. The molecule has 2 N–H and O–H groups in total. The van der Waals surface area contributed by atoms with E-state index in [2.05, 4.69) is 47.0 Å². The minimum absolute atomic E-state index is 0. The van der Waals surface area contributed by atoms with Crippen LogP contribution in [-0.2, 0) is 6.54 Å². The second kappa shape index (κ2) is 9.68. The number of halogens is 3. The van der Waals surface area contributed by atoms with Gasteiger partial charge in [-0.05, 0) is 36.2 Å². The van der Waals surface area contributed by atoms with Crippen LogP contribution in [0.5, 0.6) is 0 Å². The Morgan fingerprint density at radius 3 is 2.55 bits per heavy atom. The average molecular weight is 449 g/mol. The van der Waals surface area contributed by atoms with Crippen molar-refractivity contribution in [1.82, 2.24) is 10.6 Å². The number of rotatable bonds is 4. The Morgan fingerprint density at radius 2 is 1.82 bits per heavy atom. The van der Waals surface area contributed by atoms with Gasteiger partial charge in [0.15, 0.2) is 0 Å². The lowest BCUT2D eigenvalue weighted by molar-refractivity contribution is 0.461. The van der Waals surface area contributed by atoms with E-state index in [1.165, 1.54) is 11.1 Å². The van der Waals surface area contributed by atoms with Gasteiger partial charge in [0.2, 0.25) is 0 Å². The summed E-state index contributed by atoms with van der Waals surface area (Å²) in [5.41, 5.74) is 2.59. The van der Waals surface area contributed by atoms with Gasteiger partial charge in [-0.3, -0.25) is 0 Å². The standard InChI is InChI=1S/C17H19ClN2.2BrH/c18-15-8-4-5-13(11-15)12-20-16-9-10-19-17(16)14-6-2-1-3-7-14;;/h1-8,11,16-17,19-20H,9-10,12H2;2*1H. The Balaban J connectivity index is 0.00000121. The Hall–Kier alpha value is -0.390. The third kappa shape index (κ3) is 5.07. The quantitative estimate of drug-likeness (QED) is 0.709. The Morgan fingerprint density at radius 1 is 1.05 bits per heavy atom.